The zero-order valence-electron chi connectivity index (χ0n) is 15.4. The molecule has 0 spiro atoms. The number of nitrogens with zero attached hydrogens (tertiary/aromatic N) is 1. The van der Waals surface area contributed by atoms with E-state index in [0.717, 1.165) is 17.4 Å². The SMILES string of the molecule is CN1CC[C@@]23CCCC[C@H]2[C@@H]1Cc1ccc(Oc2ccc(O)cc2)cc13. The first kappa shape index (κ1) is 16.2. The van der Waals surface area contributed by atoms with E-state index in [1.54, 1.807) is 17.7 Å². The lowest BCUT2D eigenvalue weighted by Crippen LogP contribution is -2.59. The molecule has 0 unspecified atom stereocenters. The number of phenols is 1. The van der Waals surface area contributed by atoms with Crippen LogP contribution in [0.3, 0.4) is 0 Å². The number of rotatable bonds is 2. The van der Waals surface area contributed by atoms with Crippen molar-refractivity contribution in [1.29, 1.82) is 0 Å². The Hall–Kier alpha value is -2.00. The van der Waals surface area contributed by atoms with Crippen molar-refractivity contribution >= 4 is 0 Å². The summed E-state index contributed by atoms with van der Waals surface area (Å²) in [7, 11) is 2.32. The Morgan fingerprint density at radius 1 is 1.04 bits per heavy atom. The highest BCUT2D eigenvalue weighted by atomic mass is 16.5. The van der Waals surface area contributed by atoms with Gasteiger partial charge in [0.2, 0.25) is 0 Å². The number of phenolic OH excluding ortho intramolecular Hbond substituents is 1. The van der Waals surface area contributed by atoms with Gasteiger partial charge in [0.25, 0.3) is 0 Å². The fourth-order valence-corrected chi connectivity index (χ4v) is 5.89. The molecule has 1 heterocycles. The van der Waals surface area contributed by atoms with E-state index in [1.807, 2.05) is 12.1 Å². The molecule has 2 bridgehead atoms. The second kappa shape index (κ2) is 6.02. The highest BCUT2D eigenvalue weighted by Crippen LogP contribution is 2.56. The highest BCUT2D eigenvalue weighted by Gasteiger charge is 2.53. The van der Waals surface area contributed by atoms with E-state index in [9.17, 15) is 5.11 Å². The molecule has 26 heavy (non-hydrogen) atoms. The van der Waals surface area contributed by atoms with Gasteiger partial charge in [-0.2, -0.15) is 0 Å². The Balaban J connectivity index is 1.54. The molecular weight excluding hydrogens is 322 g/mol. The summed E-state index contributed by atoms with van der Waals surface area (Å²) in [6.07, 6.45) is 7.90. The van der Waals surface area contributed by atoms with Gasteiger partial charge in [0, 0.05) is 11.5 Å². The van der Waals surface area contributed by atoms with E-state index in [4.69, 9.17) is 4.74 Å². The number of hydrogen-bond acceptors (Lipinski definition) is 3. The van der Waals surface area contributed by atoms with Crippen LogP contribution in [0.1, 0.15) is 43.2 Å². The zero-order chi connectivity index (χ0) is 17.7. The maximum Gasteiger partial charge on any atom is 0.127 e. The highest BCUT2D eigenvalue weighted by molar-refractivity contribution is 5.47. The molecule has 136 valence electrons. The van der Waals surface area contributed by atoms with Gasteiger partial charge in [0.05, 0.1) is 0 Å². The molecule has 3 aliphatic rings. The van der Waals surface area contributed by atoms with Crippen LogP contribution in [0.4, 0.5) is 0 Å². The third-order valence-electron chi connectivity index (χ3n) is 7.16. The van der Waals surface area contributed by atoms with Crippen LogP contribution in [0.25, 0.3) is 0 Å². The Morgan fingerprint density at radius 2 is 1.85 bits per heavy atom. The minimum Gasteiger partial charge on any atom is -0.508 e. The van der Waals surface area contributed by atoms with E-state index in [-0.39, 0.29) is 5.75 Å². The van der Waals surface area contributed by atoms with E-state index in [0.29, 0.717) is 11.5 Å². The van der Waals surface area contributed by atoms with Crippen LogP contribution in [0.5, 0.6) is 17.2 Å². The van der Waals surface area contributed by atoms with Crippen LogP contribution in [0, 0.1) is 5.92 Å². The minimum atomic E-state index is 0.268. The molecule has 0 amide bonds. The molecule has 0 radical (unpaired) electrons. The van der Waals surface area contributed by atoms with Gasteiger partial charge in [0.15, 0.2) is 0 Å². The van der Waals surface area contributed by atoms with Crippen molar-refractivity contribution in [3.05, 3.63) is 53.6 Å². The van der Waals surface area contributed by atoms with Crippen molar-refractivity contribution in [2.45, 2.75) is 50.0 Å². The number of benzene rings is 2. The van der Waals surface area contributed by atoms with Crippen LogP contribution >= 0.6 is 0 Å². The molecule has 5 rings (SSSR count). The van der Waals surface area contributed by atoms with Gasteiger partial charge >= 0.3 is 0 Å². The fourth-order valence-electron chi connectivity index (χ4n) is 5.89. The van der Waals surface area contributed by atoms with Crippen molar-refractivity contribution in [3.63, 3.8) is 0 Å². The van der Waals surface area contributed by atoms with Crippen molar-refractivity contribution < 1.29 is 9.84 Å². The summed E-state index contributed by atoms with van der Waals surface area (Å²) in [5, 5.41) is 9.47. The zero-order valence-corrected chi connectivity index (χ0v) is 15.4. The minimum absolute atomic E-state index is 0.268. The predicted molar refractivity (Wildman–Crippen MR) is 103 cm³/mol. The number of likely N-dealkylation sites (tertiary alicyclic amines) is 1. The Labute approximate surface area is 155 Å². The number of piperidine rings is 1. The van der Waals surface area contributed by atoms with Gasteiger partial charge in [-0.25, -0.2) is 0 Å². The Kier molecular flexibility index (Phi) is 3.75. The first-order chi connectivity index (χ1) is 12.7. The molecule has 1 saturated carbocycles. The molecule has 2 fully saturated rings. The molecule has 3 nitrogen and oxygen atoms in total. The number of aromatic hydroxyl groups is 1. The van der Waals surface area contributed by atoms with Crippen molar-refractivity contribution in [2.75, 3.05) is 13.6 Å². The molecule has 1 saturated heterocycles. The average molecular weight is 349 g/mol. The van der Waals surface area contributed by atoms with E-state index in [2.05, 4.69) is 30.1 Å². The monoisotopic (exact) mass is 349 g/mol. The smallest absolute Gasteiger partial charge is 0.127 e. The lowest BCUT2D eigenvalue weighted by atomic mass is 9.52. The van der Waals surface area contributed by atoms with Gasteiger partial charge in [-0.1, -0.05) is 18.9 Å². The van der Waals surface area contributed by atoms with Crippen molar-refractivity contribution in [1.82, 2.24) is 4.90 Å². The maximum absolute atomic E-state index is 9.47. The van der Waals surface area contributed by atoms with Crippen LogP contribution in [-0.4, -0.2) is 29.6 Å². The molecule has 3 heteroatoms. The van der Waals surface area contributed by atoms with E-state index >= 15 is 0 Å². The number of likely N-dealkylation sites (N-methyl/N-ethyl adjacent to an activating group) is 1. The lowest BCUT2D eigenvalue weighted by Gasteiger charge is -2.58. The second-order valence-corrected chi connectivity index (χ2v) is 8.43. The molecule has 2 aromatic carbocycles. The maximum atomic E-state index is 9.47. The first-order valence-corrected chi connectivity index (χ1v) is 9.96. The van der Waals surface area contributed by atoms with Gasteiger partial charge in [-0.05, 0) is 92.7 Å². The molecule has 1 aliphatic heterocycles. The second-order valence-electron chi connectivity index (χ2n) is 8.43. The number of fused-ring (bicyclic) bond motifs is 1. The summed E-state index contributed by atoms with van der Waals surface area (Å²) < 4.78 is 6.11. The van der Waals surface area contributed by atoms with Crippen LogP contribution < -0.4 is 4.74 Å². The van der Waals surface area contributed by atoms with Gasteiger partial charge in [-0.15, -0.1) is 0 Å². The van der Waals surface area contributed by atoms with Crippen LogP contribution in [0.15, 0.2) is 42.5 Å². The first-order valence-electron chi connectivity index (χ1n) is 9.96. The lowest BCUT2D eigenvalue weighted by molar-refractivity contribution is 0.00276. The number of ether oxygens (including phenoxy) is 1. The standard InChI is InChI=1S/C23H27NO2/c1-24-13-12-23-11-3-2-4-20(23)22(24)14-16-5-8-19(15-21(16)23)26-18-9-6-17(25)7-10-18/h5-10,15,20,22,25H,2-4,11-14H2,1H3/t20-,22-,23-/m0/s1. The molecule has 1 N–H and O–H groups in total. The summed E-state index contributed by atoms with van der Waals surface area (Å²) in [6, 6.07) is 14.4. The van der Waals surface area contributed by atoms with Gasteiger partial charge < -0.3 is 14.7 Å². The summed E-state index contributed by atoms with van der Waals surface area (Å²) >= 11 is 0. The van der Waals surface area contributed by atoms with E-state index in [1.165, 1.54) is 50.6 Å². The third kappa shape index (κ3) is 2.44. The molecule has 2 aromatic rings. The molecule has 2 aliphatic carbocycles. The van der Waals surface area contributed by atoms with Gasteiger partial charge in [-0.3, -0.25) is 0 Å². The van der Waals surface area contributed by atoms with E-state index < -0.39 is 0 Å². The fraction of sp³-hybridized carbons (Fsp3) is 0.478. The van der Waals surface area contributed by atoms with Crippen molar-refractivity contribution in [2.24, 2.45) is 5.92 Å². The largest absolute Gasteiger partial charge is 0.508 e. The van der Waals surface area contributed by atoms with Crippen molar-refractivity contribution in [3.8, 4) is 17.2 Å². The number of hydrogen-bond donors (Lipinski definition) is 1. The predicted octanol–water partition coefficient (Wildman–Crippen LogP) is 4.87. The summed E-state index contributed by atoms with van der Waals surface area (Å²) in [4.78, 5) is 2.61. The Morgan fingerprint density at radius 3 is 2.69 bits per heavy atom. The molecule has 0 aromatic heterocycles. The summed E-state index contributed by atoms with van der Waals surface area (Å²) in [5.41, 5.74) is 3.44. The quantitative estimate of drug-likeness (QED) is 0.839. The third-order valence-corrected chi connectivity index (χ3v) is 7.16. The van der Waals surface area contributed by atoms with Crippen LogP contribution in [0.2, 0.25) is 0 Å². The Bertz CT molecular complexity index is 815. The normalized spacial score (nSPS) is 30.3. The summed E-state index contributed by atoms with van der Waals surface area (Å²) in [6.45, 7) is 1.21. The summed E-state index contributed by atoms with van der Waals surface area (Å²) in [5.74, 6) is 2.76. The van der Waals surface area contributed by atoms with Crippen LogP contribution in [-0.2, 0) is 11.8 Å². The molecular formula is C23H27NO2. The average Bonchev–Trinajstić information content (AvgIpc) is 2.67. The molecule has 3 atom stereocenters. The topological polar surface area (TPSA) is 32.7 Å². The van der Waals surface area contributed by atoms with Gasteiger partial charge in [0.1, 0.15) is 17.2 Å².